The minimum Gasteiger partial charge on any atom is -0.308 e. The largest absolute Gasteiger partial charge is 0.308 e. The molecule has 1 heterocycles. The topological polar surface area (TPSA) is 45.2 Å². The molecule has 0 aliphatic heterocycles. The van der Waals surface area contributed by atoms with Crippen LogP contribution in [0.1, 0.15) is 52.1 Å². The Morgan fingerprint density at radius 3 is 3.00 bits per heavy atom. The zero-order valence-electron chi connectivity index (χ0n) is 12.7. The average molecular weight is 295 g/mol. The van der Waals surface area contributed by atoms with Gasteiger partial charge >= 0.3 is 0 Å². The zero-order valence-corrected chi connectivity index (χ0v) is 13.5. The van der Waals surface area contributed by atoms with E-state index in [1.54, 1.807) is 23.2 Å². The Balaban J connectivity index is 1.88. The van der Waals surface area contributed by atoms with Gasteiger partial charge in [0.2, 0.25) is 5.91 Å². The van der Waals surface area contributed by atoms with Gasteiger partial charge in [0.25, 0.3) is 0 Å². The number of nitrogens with zero attached hydrogens (tertiary/aromatic N) is 2. The molecule has 2 atom stereocenters. The van der Waals surface area contributed by atoms with Crippen molar-refractivity contribution in [2.24, 2.45) is 5.92 Å². The number of nitrogens with one attached hydrogen (secondary N) is 1. The quantitative estimate of drug-likeness (QED) is 0.907. The zero-order chi connectivity index (χ0) is 14.5. The fourth-order valence-corrected chi connectivity index (χ4v) is 3.79. The van der Waals surface area contributed by atoms with E-state index >= 15 is 0 Å². The summed E-state index contributed by atoms with van der Waals surface area (Å²) in [5, 5.41) is 6.48. The number of carbonyl (C=O) groups excluding carboxylic acids is 1. The van der Waals surface area contributed by atoms with Crippen molar-refractivity contribution in [3.8, 4) is 0 Å². The first-order valence-corrected chi connectivity index (χ1v) is 8.44. The number of hydrogen-bond donors (Lipinski definition) is 1. The summed E-state index contributed by atoms with van der Waals surface area (Å²) in [6, 6.07) is 0.624. The molecule has 1 aliphatic carbocycles. The van der Waals surface area contributed by atoms with Crippen LogP contribution < -0.4 is 10.2 Å². The monoisotopic (exact) mass is 295 g/mol. The van der Waals surface area contributed by atoms with Crippen LogP contribution in [-0.4, -0.2) is 23.5 Å². The minimum absolute atomic E-state index is 0.0578. The predicted molar refractivity (Wildman–Crippen MR) is 84.1 cm³/mol. The number of amides is 1. The second-order valence-electron chi connectivity index (χ2n) is 5.73. The van der Waals surface area contributed by atoms with Crippen molar-refractivity contribution in [2.45, 2.75) is 59.0 Å². The van der Waals surface area contributed by atoms with Gasteiger partial charge < -0.3 is 5.32 Å². The van der Waals surface area contributed by atoms with Crippen molar-refractivity contribution in [3.05, 3.63) is 11.1 Å². The van der Waals surface area contributed by atoms with Crippen LogP contribution in [0.2, 0.25) is 0 Å². The Morgan fingerprint density at radius 1 is 1.55 bits per heavy atom. The van der Waals surface area contributed by atoms with Gasteiger partial charge in [0, 0.05) is 31.4 Å². The Hall–Kier alpha value is -0.940. The van der Waals surface area contributed by atoms with E-state index in [0.717, 1.165) is 23.3 Å². The number of hydrogen-bond acceptors (Lipinski definition) is 4. The van der Waals surface area contributed by atoms with Crippen LogP contribution in [0.15, 0.2) is 5.38 Å². The van der Waals surface area contributed by atoms with Gasteiger partial charge in [-0.15, -0.1) is 11.3 Å². The molecule has 112 valence electrons. The lowest BCUT2D eigenvalue weighted by Gasteiger charge is -2.27. The van der Waals surface area contributed by atoms with Gasteiger partial charge in [-0.05, 0) is 25.7 Å². The maximum absolute atomic E-state index is 11.5. The van der Waals surface area contributed by atoms with E-state index in [4.69, 9.17) is 0 Å². The highest BCUT2D eigenvalue weighted by molar-refractivity contribution is 7.14. The highest BCUT2D eigenvalue weighted by atomic mass is 32.1. The Labute approximate surface area is 125 Å². The molecule has 1 aliphatic rings. The number of thiazole rings is 1. The molecule has 0 saturated heterocycles. The molecule has 0 spiro atoms. The molecule has 5 heteroatoms. The summed E-state index contributed by atoms with van der Waals surface area (Å²) in [5.41, 5.74) is 1.04. The lowest BCUT2D eigenvalue weighted by atomic mass is 9.87. The average Bonchev–Trinajstić information content (AvgIpc) is 2.85. The van der Waals surface area contributed by atoms with Gasteiger partial charge in [0.05, 0.1) is 5.69 Å². The van der Waals surface area contributed by atoms with Crippen LogP contribution in [0.25, 0.3) is 0 Å². The van der Waals surface area contributed by atoms with Crippen molar-refractivity contribution in [3.63, 3.8) is 0 Å². The van der Waals surface area contributed by atoms with Crippen LogP contribution in [0.4, 0.5) is 5.13 Å². The van der Waals surface area contributed by atoms with Crippen LogP contribution in [0, 0.1) is 5.92 Å². The first-order valence-electron chi connectivity index (χ1n) is 7.56. The number of carbonyl (C=O) groups is 1. The molecule has 1 fully saturated rings. The normalized spacial score (nSPS) is 22.8. The van der Waals surface area contributed by atoms with Gasteiger partial charge in [0.1, 0.15) is 0 Å². The molecular formula is C15H25N3OS. The molecule has 1 N–H and O–H groups in total. The minimum atomic E-state index is 0.0578. The summed E-state index contributed by atoms with van der Waals surface area (Å²) in [5.74, 6) is 0.892. The van der Waals surface area contributed by atoms with Gasteiger partial charge in [-0.3, -0.25) is 9.69 Å². The molecule has 20 heavy (non-hydrogen) atoms. The third kappa shape index (κ3) is 4.03. The molecule has 1 aromatic heterocycles. The van der Waals surface area contributed by atoms with Crippen molar-refractivity contribution in [1.82, 2.24) is 10.3 Å². The molecule has 0 radical (unpaired) electrons. The van der Waals surface area contributed by atoms with Crippen molar-refractivity contribution in [1.29, 1.82) is 0 Å². The molecular weight excluding hydrogens is 270 g/mol. The van der Waals surface area contributed by atoms with Crippen LogP contribution in [0.5, 0.6) is 0 Å². The lowest BCUT2D eigenvalue weighted by molar-refractivity contribution is -0.116. The maximum Gasteiger partial charge on any atom is 0.225 e. The highest BCUT2D eigenvalue weighted by Gasteiger charge is 2.19. The van der Waals surface area contributed by atoms with E-state index in [1.165, 1.54) is 25.7 Å². The number of rotatable bonds is 5. The van der Waals surface area contributed by atoms with E-state index in [1.807, 2.05) is 6.92 Å². The molecule has 1 aromatic rings. The first kappa shape index (κ1) is 15.4. The SMILES string of the molecule is CCN(C(C)=O)c1nc(CNC2CCCC(C)C2)cs1. The van der Waals surface area contributed by atoms with E-state index in [0.29, 0.717) is 12.6 Å². The number of anilines is 1. The van der Waals surface area contributed by atoms with Crippen molar-refractivity contribution < 1.29 is 4.79 Å². The Kier molecular flexibility index (Phi) is 5.54. The van der Waals surface area contributed by atoms with Crippen LogP contribution in [-0.2, 0) is 11.3 Å². The maximum atomic E-state index is 11.5. The summed E-state index contributed by atoms with van der Waals surface area (Å²) >= 11 is 1.55. The molecule has 1 saturated carbocycles. The standard InChI is InChI=1S/C15H25N3OS/c1-4-18(12(3)19)15-17-14(10-20-15)9-16-13-7-5-6-11(2)8-13/h10-11,13,16H,4-9H2,1-3H3. The summed E-state index contributed by atoms with van der Waals surface area (Å²) in [6.45, 7) is 7.39. The third-order valence-corrected chi connectivity index (χ3v) is 4.89. The van der Waals surface area contributed by atoms with Gasteiger partial charge in [-0.25, -0.2) is 4.98 Å². The first-order chi connectivity index (χ1) is 9.60. The second kappa shape index (κ2) is 7.18. The van der Waals surface area contributed by atoms with Crippen LogP contribution in [0.3, 0.4) is 0 Å². The Morgan fingerprint density at radius 2 is 2.35 bits per heavy atom. The van der Waals surface area contributed by atoms with E-state index < -0.39 is 0 Å². The van der Waals surface area contributed by atoms with E-state index in [2.05, 4.69) is 22.6 Å². The lowest BCUT2D eigenvalue weighted by Crippen LogP contribution is -2.33. The smallest absolute Gasteiger partial charge is 0.225 e. The van der Waals surface area contributed by atoms with E-state index in [-0.39, 0.29) is 5.91 Å². The van der Waals surface area contributed by atoms with E-state index in [9.17, 15) is 4.79 Å². The molecule has 2 rings (SSSR count). The fraction of sp³-hybridized carbons (Fsp3) is 0.733. The van der Waals surface area contributed by atoms with Crippen LogP contribution >= 0.6 is 11.3 Å². The molecule has 2 unspecified atom stereocenters. The highest BCUT2D eigenvalue weighted by Crippen LogP contribution is 2.24. The Bertz CT molecular complexity index is 446. The third-order valence-electron chi connectivity index (χ3n) is 3.98. The molecule has 0 bridgehead atoms. The molecule has 0 aromatic carbocycles. The van der Waals surface area contributed by atoms with Gasteiger partial charge in [-0.1, -0.05) is 19.8 Å². The summed E-state index contributed by atoms with van der Waals surface area (Å²) < 4.78 is 0. The van der Waals surface area contributed by atoms with Gasteiger partial charge in [0.15, 0.2) is 5.13 Å². The molecule has 1 amide bonds. The summed E-state index contributed by atoms with van der Waals surface area (Å²) in [6.07, 6.45) is 5.24. The van der Waals surface area contributed by atoms with Crippen molar-refractivity contribution in [2.75, 3.05) is 11.4 Å². The predicted octanol–water partition coefficient (Wildman–Crippen LogP) is 3.18. The fourth-order valence-electron chi connectivity index (χ4n) is 2.86. The van der Waals surface area contributed by atoms with Crippen molar-refractivity contribution >= 4 is 22.4 Å². The van der Waals surface area contributed by atoms with Gasteiger partial charge in [-0.2, -0.15) is 0 Å². The second-order valence-corrected chi connectivity index (χ2v) is 6.57. The number of aromatic nitrogens is 1. The molecule has 4 nitrogen and oxygen atoms in total. The summed E-state index contributed by atoms with van der Waals surface area (Å²) in [7, 11) is 0. The summed E-state index contributed by atoms with van der Waals surface area (Å²) in [4.78, 5) is 17.8.